The lowest BCUT2D eigenvalue weighted by atomic mass is 10.1. The van der Waals surface area contributed by atoms with Crippen molar-refractivity contribution in [2.45, 2.75) is 31.3 Å². The maximum atomic E-state index is 11.8. The Kier molecular flexibility index (Phi) is 6.12. The summed E-state index contributed by atoms with van der Waals surface area (Å²) in [6.45, 7) is 2.38. The Morgan fingerprint density at radius 3 is 2.60 bits per heavy atom. The summed E-state index contributed by atoms with van der Waals surface area (Å²) < 4.78 is 33.0. The zero-order chi connectivity index (χ0) is 15.2. The van der Waals surface area contributed by atoms with E-state index in [1.165, 1.54) is 25.3 Å². The van der Waals surface area contributed by atoms with Crippen molar-refractivity contribution in [2.24, 2.45) is 5.14 Å². The number of benzene rings is 1. The van der Waals surface area contributed by atoms with Crippen LogP contribution in [0.3, 0.4) is 0 Å². The van der Waals surface area contributed by atoms with Crippen LogP contribution in [-0.2, 0) is 26.1 Å². The van der Waals surface area contributed by atoms with E-state index in [2.05, 4.69) is 0 Å². The van der Waals surface area contributed by atoms with E-state index >= 15 is 0 Å². The minimum absolute atomic E-state index is 0.0942. The lowest BCUT2D eigenvalue weighted by Crippen LogP contribution is -2.16. The summed E-state index contributed by atoms with van der Waals surface area (Å²) in [7, 11) is -2.48. The van der Waals surface area contributed by atoms with Crippen LogP contribution < -0.4 is 5.14 Å². The van der Waals surface area contributed by atoms with Gasteiger partial charge >= 0.3 is 5.97 Å². The molecule has 1 rings (SSSR count). The van der Waals surface area contributed by atoms with Crippen molar-refractivity contribution in [3.05, 3.63) is 29.3 Å². The molecule has 20 heavy (non-hydrogen) atoms. The Bertz CT molecular complexity index is 568. The highest BCUT2D eigenvalue weighted by atomic mass is 32.2. The summed E-state index contributed by atoms with van der Waals surface area (Å²) in [6, 6.07) is 4.22. The molecule has 0 unspecified atom stereocenters. The zero-order valence-corrected chi connectivity index (χ0v) is 12.4. The second-order valence-electron chi connectivity index (χ2n) is 4.29. The monoisotopic (exact) mass is 301 g/mol. The number of unbranched alkanes of at least 4 members (excludes halogenated alkanes) is 1. The maximum Gasteiger partial charge on any atom is 0.338 e. The smallest absolute Gasteiger partial charge is 0.338 e. The number of ether oxygens (including phenoxy) is 2. The Labute approximate surface area is 118 Å². The first kappa shape index (κ1) is 16.6. The van der Waals surface area contributed by atoms with Crippen LogP contribution >= 0.6 is 0 Å². The molecule has 0 aliphatic heterocycles. The summed E-state index contributed by atoms with van der Waals surface area (Å²) in [5.41, 5.74) is 0.560. The molecule has 0 aromatic heterocycles. The molecule has 0 saturated carbocycles. The zero-order valence-electron chi connectivity index (χ0n) is 11.6. The number of carbonyl (C=O) groups is 1. The van der Waals surface area contributed by atoms with Crippen molar-refractivity contribution in [1.82, 2.24) is 0 Å². The molecule has 1 aromatic rings. The highest BCUT2D eigenvalue weighted by Gasteiger charge is 2.17. The molecule has 7 heteroatoms. The molecule has 0 heterocycles. The molecule has 0 aliphatic rings. The third kappa shape index (κ3) is 4.59. The van der Waals surface area contributed by atoms with E-state index in [4.69, 9.17) is 14.6 Å². The van der Waals surface area contributed by atoms with Crippen molar-refractivity contribution in [3.8, 4) is 0 Å². The Balaban J connectivity index is 3.03. The molecular formula is C13H19NO5S. The minimum Gasteiger partial charge on any atom is -0.462 e. The van der Waals surface area contributed by atoms with Crippen LogP contribution in [0.2, 0.25) is 0 Å². The molecule has 6 nitrogen and oxygen atoms in total. The molecule has 0 fully saturated rings. The van der Waals surface area contributed by atoms with Crippen molar-refractivity contribution in [2.75, 3.05) is 13.7 Å². The number of primary sulfonamides is 1. The van der Waals surface area contributed by atoms with Gasteiger partial charge in [0.2, 0.25) is 10.0 Å². The predicted octanol–water partition coefficient (Wildman–Crippen LogP) is 1.44. The summed E-state index contributed by atoms with van der Waals surface area (Å²) in [4.78, 5) is 11.7. The third-order valence-electron chi connectivity index (χ3n) is 2.64. The first-order chi connectivity index (χ1) is 9.40. The molecule has 112 valence electrons. The Morgan fingerprint density at radius 2 is 2.05 bits per heavy atom. The molecule has 2 N–H and O–H groups in total. The van der Waals surface area contributed by atoms with Gasteiger partial charge in [-0.05, 0) is 24.1 Å². The fraction of sp³-hybridized carbons (Fsp3) is 0.462. The minimum atomic E-state index is -3.92. The van der Waals surface area contributed by atoms with E-state index < -0.39 is 16.0 Å². The molecule has 0 radical (unpaired) electrons. The fourth-order valence-electron chi connectivity index (χ4n) is 1.61. The van der Waals surface area contributed by atoms with Gasteiger partial charge in [-0.1, -0.05) is 19.4 Å². The average Bonchev–Trinajstić information content (AvgIpc) is 2.38. The second-order valence-corrected chi connectivity index (χ2v) is 5.82. The normalized spacial score (nSPS) is 11.3. The van der Waals surface area contributed by atoms with Crippen LogP contribution in [0, 0.1) is 0 Å². The van der Waals surface area contributed by atoms with Gasteiger partial charge in [0.1, 0.15) is 0 Å². The van der Waals surface area contributed by atoms with E-state index in [1.807, 2.05) is 6.92 Å². The van der Waals surface area contributed by atoms with E-state index in [-0.39, 0.29) is 17.1 Å². The fourth-order valence-corrected chi connectivity index (χ4v) is 2.40. The summed E-state index contributed by atoms with van der Waals surface area (Å²) in [6.07, 6.45) is 1.66. The van der Waals surface area contributed by atoms with Crippen molar-refractivity contribution in [1.29, 1.82) is 0 Å². The Morgan fingerprint density at radius 1 is 1.35 bits per heavy atom. The van der Waals surface area contributed by atoms with E-state index in [0.29, 0.717) is 12.2 Å². The van der Waals surface area contributed by atoms with Gasteiger partial charge in [-0.15, -0.1) is 0 Å². The van der Waals surface area contributed by atoms with Crippen molar-refractivity contribution in [3.63, 3.8) is 0 Å². The number of carbonyl (C=O) groups excluding carboxylic acids is 1. The standard InChI is InChI=1S/C13H19NO5S/c1-3-4-7-19-13(15)10-5-6-11(9-18-2)12(8-10)20(14,16)17/h5-6,8H,3-4,7,9H2,1-2H3,(H2,14,16,17). The number of rotatable bonds is 7. The topological polar surface area (TPSA) is 95.7 Å². The summed E-state index contributed by atoms with van der Waals surface area (Å²) in [5, 5.41) is 5.14. The van der Waals surface area contributed by atoms with Gasteiger partial charge in [-0.3, -0.25) is 0 Å². The van der Waals surface area contributed by atoms with Gasteiger partial charge in [0, 0.05) is 7.11 Å². The van der Waals surface area contributed by atoms with Gasteiger partial charge in [0.25, 0.3) is 0 Å². The van der Waals surface area contributed by atoms with Crippen LogP contribution in [0.5, 0.6) is 0 Å². The maximum absolute atomic E-state index is 11.8. The van der Waals surface area contributed by atoms with E-state index in [9.17, 15) is 13.2 Å². The van der Waals surface area contributed by atoms with Gasteiger partial charge in [0.15, 0.2) is 0 Å². The van der Waals surface area contributed by atoms with Crippen molar-refractivity contribution < 1.29 is 22.7 Å². The van der Waals surface area contributed by atoms with Gasteiger partial charge in [-0.25, -0.2) is 18.4 Å². The number of nitrogens with two attached hydrogens (primary N) is 1. The van der Waals surface area contributed by atoms with Crippen LogP contribution in [0.4, 0.5) is 0 Å². The Hall–Kier alpha value is -1.44. The predicted molar refractivity (Wildman–Crippen MR) is 73.7 cm³/mol. The average molecular weight is 301 g/mol. The van der Waals surface area contributed by atoms with Crippen LogP contribution in [0.25, 0.3) is 0 Å². The number of methoxy groups -OCH3 is 1. The summed E-state index contributed by atoms with van der Waals surface area (Å²) >= 11 is 0. The highest BCUT2D eigenvalue weighted by molar-refractivity contribution is 7.89. The number of hydrogen-bond acceptors (Lipinski definition) is 5. The molecule has 1 aromatic carbocycles. The lowest BCUT2D eigenvalue weighted by Gasteiger charge is -2.09. The SMILES string of the molecule is CCCCOC(=O)c1ccc(COC)c(S(N)(=O)=O)c1. The van der Waals surface area contributed by atoms with Crippen molar-refractivity contribution >= 4 is 16.0 Å². The molecule has 0 atom stereocenters. The number of esters is 1. The third-order valence-corrected chi connectivity index (χ3v) is 3.63. The molecule has 0 amide bonds. The van der Waals surface area contributed by atoms with E-state index in [1.54, 1.807) is 0 Å². The van der Waals surface area contributed by atoms with Gasteiger partial charge in [-0.2, -0.15) is 0 Å². The van der Waals surface area contributed by atoms with Gasteiger partial charge in [0.05, 0.1) is 23.7 Å². The molecule has 0 bridgehead atoms. The second kappa shape index (κ2) is 7.37. The van der Waals surface area contributed by atoms with E-state index in [0.717, 1.165) is 12.8 Å². The van der Waals surface area contributed by atoms with Crippen LogP contribution in [0.1, 0.15) is 35.7 Å². The van der Waals surface area contributed by atoms with Gasteiger partial charge < -0.3 is 9.47 Å². The quantitative estimate of drug-likeness (QED) is 0.607. The molecule has 0 spiro atoms. The largest absolute Gasteiger partial charge is 0.462 e. The first-order valence-corrected chi connectivity index (χ1v) is 7.76. The highest BCUT2D eigenvalue weighted by Crippen LogP contribution is 2.18. The first-order valence-electron chi connectivity index (χ1n) is 6.22. The molecule has 0 saturated heterocycles. The number of hydrogen-bond donors (Lipinski definition) is 1. The number of sulfonamides is 1. The summed E-state index contributed by atoms with van der Waals surface area (Å²) in [5.74, 6) is -0.563. The molecular weight excluding hydrogens is 282 g/mol. The lowest BCUT2D eigenvalue weighted by molar-refractivity contribution is 0.0499. The molecule has 0 aliphatic carbocycles. The van der Waals surface area contributed by atoms with Crippen LogP contribution in [0.15, 0.2) is 23.1 Å². The van der Waals surface area contributed by atoms with Crippen LogP contribution in [-0.4, -0.2) is 28.1 Å².